The third-order valence-corrected chi connectivity index (χ3v) is 6.66. The van der Waals surface area contributed by atoms with Crippen molar-refractivity contribution in [3.05, 3.63) is 41.1 Å². The van der Waals surface area contributed by atoms with Crippen molar-refractivity contribution in [3.8, 4) is 5.75 Å². The van der Waals surface area contributed by atoms with Gasteiger partial charge in [-0.25, -0.2) is 0 Å². The molecular weight excluding hydrogens is 286 g/mol. The van der Waals surface area contributed by atoms with E-state index in [4.69, 9.17) is 10.5 Å². The molecule has 1 aromatic rings. The largest absolute Gasteiger partial charge is 0.497 e. The Labute approximate surface area is 137 Å². The average molecular weight is 311 g/mol. The van der Waals surface area contributed by atoms with Crippen molar-refractivity contribution < 1.29 is 9.53 Å². The number of ether oxygens (including phenoxy) is 1. The number of hydrogen-bond donors (Lipinski definition) is 1. The molecule has 0 unspecified atom stereocenters. The molecule has 4 rings (SSSR count). The maximum Gasteiger partial charge on any atom is 0.163 e. The van der Waals surface area contributed by atoms with Crippen LogP contribution >= 0.6 is 0 Å². The second kappa shape index (κ2) is 5.12. The van der Waals surface area contributed by atoms with Gasteiger partial charge in [-0.15, -0.1) is 0 Å². The van der Waals surface area contributed by atoms with Crippen molar-refractivity contribution in [2.75, 3.05) is 7.11 Å². The first-order valence-electron chi connectivity index (χ1n) is 8.70. The van der Waals surface area contributed by atoms with Crippen molar-refractivity contribution in [1.82, 2.24) is 0 Å². The van der Waals surface area contributed by atoms with Crippen LogP contribution in [-0.2, 0) is 11.2 Å². The molecule has 1 saturated carbocycles. The number of carbonyl (C=O) groups excluding carboxylic acids is 1. The molecule has 4 atom stereocenters. The van der Waals surface area contributed by atoms with E-state index in [0.717, 1.165) is 43.6 Å². The normalized spacial score (nSPS) is 35.7. The smallest absolute Gasteiger partial charge is 0.163 e. The highest BCUT2D eigenvalue weighted by molar-refractivity contribution is 5.96. The Hall–Kier alpha value is -1.77. The molecule has 0 aromatic heterocycles. The molecule has 3 aliphatic rings. The Morgan fingerprint density at radius 3 is 2.91 bits per heavy atom. The molecule has 3 aliphatic carbocycles. The van der Waals surface area contributed by atoms with Gasteiger partial charge in [-0.05, 0) is 73.1 Å². The molecule has 0 spiro atoms. The minimum absolute atomic E-state index is 0.200. The summed E-state index contributed by atoms with van der Waals surface area (Å²) in [5.41, 5.74) is 9.55. The molecule has 0 bridgehead atoms. The van der Waals surface area contributed by atoms with Gasteiger partial charge >= 0.3 is 0 Å². The summed E-state index contributed by atoms with van der Waals surface area (Å²) in [4.78, 5) is 12.6. The van der Waals surface area contributed by atoms with Gasteiger partial charge in [0.2, 0.25) is 0 Å². The first-order chi connectivity index (χ1) is 11.0. The number of allylic oxidation sites excluding steroid dienone is 2. The summed E-state index contributed by atoms with van der Waals surface area (Å²) in [6, 6.07) is 6.52. The fourth-order valence-electron chi connectivity index (χ4n) is 5.33. The van der Waals surface area contributed by atoms with E-state index in [2.05, 4.69) is 25.1 Å². The third kappa shape index (κ3) is 2.13. The molecule has 1 aromatic carbocycles. The van der Waals surface area contributed by atoms with Crippen molar-refractivity contribution in [2.45, 2.75) is 44.9 Å². The zero-order valence-corrected chi connectivity index (χ0v) is 14.0. The topological polar surface area (TPSA) is 52.3 Å². The van der Waals surface area contributed by atoms with E-state index in [1.807, 2.05) is 0 Å². The lowest BCUT2D eigenvalue weighted by Gasteiger charge is -2.52. The van der Waals surface area contributed by atoms with E-state index in [0.29, 0.717) is 17.8 Å². The highest BCUT2D eigenvalue weighted by atomic mass is 16.5. The summed E-state index contributed by atoms with van der Waals surface area (Å²) in [7, 11) is 1.72. The quantitative estimate of drug-likeness (QED) is 0.862. The van der Waals surface area contributed by atoms with Gasteiger partial charge in [0.25, 0.3) is 0 Å². The summed E-state index contributed by atoms with van der Waals surface area (Å²) in [6.07, 6.45) is 6.90. The third-order valence-electron chi connectivity index (χ3n) is 6.66. The Bertz CT molecular complexity index is 693. The first kappa shape index (κ1) is 14.8. The van der Waals surface area contributed by atoms with Gasteiger partial charge in [-0.2, -0.15) is 0 Å². The summed E-state index contributed by atoms with van der Waals surface area (Å²) in [5, 5.41) is 0. The van der Waals surface area contributed by atoms with Gasteiger partial charge in [-0.3, -0.25) is 4.79 Å². The van der Waals surface area contributed by atoms with E-state index in [1.54, 1.807) is 13.2 Å². The van der Waals surface area contributed by atoms with E-state index < -0.39 is 0 Å². The minimum Gasteiger partial charge on any atom is -0.497 e. The number of hydrogen-bond acceptors (Lipinski definition) is 3. The van der Waals surface area contributed by atoms with Gasteiger partial charge in [0, 0.05) is 17.2 Å². The molecule has 3 nitrogen and oxygen atoms in total. The highest BCUT2D eigenvalue weighted by Crippen LogP contribution is 2.58. The number of ketones is 1. The fraction of sp³-hybridized carbons (Fsp3) is 0.550. The van der Waals surface area contributed by atoms with Crippen LogP contribution in [0.4, 0.5) is 0 Å². The molecule has 23 heavy (non-hydrogen) atoms. The Balaban J connectivity index is 1.72. The molecular formula is C20H25NO2. The zero-order chi connectivity index (χ0) is 16.2. The lowest BCUT2D eigenvalue weighted by Crippen LogP contribution is -2.49. The lowest BCUT2D eigenvalue weighted by atomic mass is 9.51. The van der Waals surface area contributed by atoms with Crippen molar-refractivity contribution in [1.29, 1.82) is 0 Å². The van der Waals surface area contributed by atoms with Crippen LogP contribution in [0.5, 0.6) is 5.75 Å². The Morgan fingerprint density at radius 2 is 2.13 bits per heavy atom. The Kier molecular flexibility index (Phi) is 3.29. The van der Waals surface area contributed by atoms with Crippen LogP contribution in [0.25, 0.3) is 0 Å². The molecule has 122 valence electrons. The maximum atomic E-state index is 12.6. The Morgan fingerprint density at radius 1 is 1.30 bits per heavy atom. The van der Waals surface area contributed by atoms with Crippen molar-refractivity contribution in [3.63, 3.8) is 0 Å². The van der Waals surface area contributed by atoms with Gasteiger partial charge in [0.15, 0.2) is 5.78 Å². The molecule has 0 saturated heterocycles. The summed E-state index contributed by atoms with van der Waals surface area (Å²) < 4.78 is 5.38. The van der Waals surface area contributed by atoms with Crippen LogP contribution in [-0.4, -0.2) is 12.9 Å². The summed E-state index contributed by atoms with van der Waals surface area (Å²) in [5.74, 6) is 2.74. The molecule has 0 radical (unpaired) electrons. The highest BCUT2D eigenvalue weighted by Gasteiger charge is 2.52. The van der Waals surface area contributed by atoms with E-state index in [-0.39, 0.29) is 11.2 Å². The van der Waals surface area contributed by atoms with Crippen LogP contribution in [0.2, 0.25) is 0 Å². The summed E-state index contributed by atoms with van der Waals surface area (Å²) in [6.45, 7) is 2.17. The van der Waals surface area contributed by atoms with E-state index in [9.17, 15) is 4.79 Å². The SMILES string of the molecule is COc1ccc2c(c1)CC[C@@H]1[C@@H]2CC[C@]2(C)C(=O)C=C(N)C[C@@H]12. The predicted molar refractivity (Wildman–Crippen MR) is 90.3 cm³/mol. The second-order valence-electron chi connectivity index (χ2n) is 7.72. The van der Waals surface area contributed by atoms with Crippen LogP contribution < -0.4 is 10.5 Å². The van der Waals surface area contributed by atoms with Crippen molar-refractivity contribution in [2.24, 2.45) is 23.0 Å². The van der Waals surface area contributed by atoms with Crippen LogP contribution in [0, 0.1) is 17.3 Å². The van der Waals surface area contributed by atoms with Gasteiger partial charge in [-0.1, -0.05) is 13.0 Å². The molecule has 2 N–H and O–H groups in total. The molecule has 0 amide bonds. The van der Waals surface area contributed by atoms with Crippen LogP contribution in [0.3, 0.4) is 0 Å². The predicted octanol–water partition coefficient (Wildman–Crippen LogP) is 3.57. The molecule has 0 aliphatic heterocycles. The van der Waals surface area contributed by atoms with Crippen LogP contribution in [0.1, 0.15) is 49.7 Å². The number of nitrogens with two attached hydrogens (primary N) is 1. The number of fused-ring (bicyclic) bond motifs is 5. The number of aryl methyl sites for hydroxylation is 1. The minimum atomic E-state index is -0.200. The number of benzene rings is 1. The first-order valence-corrected chi connectivity index (χ1v) is 8.70. The monoisotopic (exact) mass is 311 g/mol. The number of methoxy groups -OCH3 is 1. The number of rotatable bonds is 1. The maximum absolute atomic E-state index is 12.6. The molecule has 1 fully saturated rings. The van der Waals surface area contributed by atoms with Gasteiger partial charge in [0.1, 0.15) is 5.75 Å². The zero-order valence-electron chi connectivity index (χ0n) is 14.0. The summed E-state index contributed by atoms with van der Waals surface area (Å²) >= 11 is 0. The van der Waals surface area contributed by atoms with Crippen LogP contribution in [0.15, 0.2) is 30.0 Å². The number of carbonyl (C=O) groups is 1. The van der Waals surface area contributed by atoms with Gasteiger partial charge < -0.3 is 10.5 Å². The second-order valence-corrected chi connectivity index (χ2v) is 7.72. The average Bonchev–Trinajstić information content (AvgIpc) is 2.55. The van der Waals surface area contributed by atoms with Gasteiger partial charge in [0.05, 0.1) is 7.11 Å². The van der Waals surface area contributed by atoms with Crippen molar-refractivity contribution >= 4 is 5.78 Å². The standard InChI is InChI=1S/C20H25NO2/c1-20-8-7-16-15-6-4-14(23-2)9-12(15)3-5-17(16)18(20)10-13(21)11-19(20)22/h4,6,9,11,16-18H,3,5,7-8,10,21H2,1-2H3/t16-,17-,18+,20+/m1/s1. The fourth-order valence-corrected chi connectivity index (χ4v) is 5.33. The lowest BCUT2D eigenvalue weighted by molar-refractivity contribution is -0.132. The van der Waals surface area contributed by atoms with E-state index >= 15 is 0 Å². The van der Waals surface area contributed by atoms with E-state index in [1.165, 1.54) is 11.1 Å². The molecule has 3 heteroatoms. The molecule has 0 heterocycles.